The SMILES string of the molecule is CCCCCCCC1(CCCCCCC)CCc2ccccc21. The molecule has 1 aromatic carbocycles. The Hall–Kier alpha value is -0.780. The summed E-state index contributed by atoms with van der Waals surface area (Å²) in [4.78, 5) is 0. The molecule has 130 valence electrons. The van der Waals surface area contributed by atoms with E-state index in [1.807, 2.05) is 0 Å². The molecule has 0 saturated carbocycles. The van der Waals surface area contributed by atoms with Gasteiger partial charge in [0.2, 0.25) is 0 Å². The average Bonchev–Trinajstić information content (AvgIpc) is 2.94. The smallest absolute Gasteiger partial charge is 0.00411 e. The highest BCUT2D eigenvalue weighted by Crippen LogP contribution is 2.46. The standard InChI is InChI=1S/C23H38/c1-3-5-7-9-13-18-23(19-14-10-8-6-4-2)20-17-21-15-11-12-16-22(21)23/h11-12,15-16H,3-10,13-14,17-20H2,1-2H3. The molecule has 1 aromatic rings. The molecule has 0 aromatic heterocycles. The van der Waals surface area contributed by atoms with Crippen LogP contribution in [0, 0.1) is 0 Å². The van der Waals surface area contributed by atoms with E-state index in [1.54, 1.807) is 11.1 Å². The zero-order valence-corrected chi connectivity index (χ0v) is 15.7. The second-order valence-electron chi connectivity index (χ2n) is 7.77. The predicted molar refractivity (Wildman–Crippen MR) is 103 cm³/mol. The molecule has 23 heavy (non-hydrogen) atoms. The minimum absolute atomic E-state index is 0.523. The summed E-state index contributed by atoms with van der Waals surface area (Å²) in [6, 6.07) is 9.33. The van der Waals surface area contributed by atoms with Crippen molar-refractivity contribution in [1.82, 2.24) is 0 Å². The lowest BCUT2D eigenvalue weighted by Gasteiger charge is -2.31. The van der Waals surface area contributed by atoms with Crippen molar-refractivity contribution < 1.29 is 0 Å². The first kappa shape index (κ1) is 18.6. The minimum atomic E-state index is 0.523. The first-order chi connectivity index (χ1) is 11.3. The zero-order valence-electron chi connectivity index (χ0n) is 15.7. The molecule has 0 bridgehead atoms. The molecule has 1 aliphatic rings. The van der Waals surface area contributed by atoms with Crippen LogP contribution in [0.1, 0.15) is 108 Å². The summed E-state index contributed by atoms with van der Waals surface area (Å²) in [5, 5.41) is 0. The van der Waals surface area contributed by atoms with E-state index in [2.05, 4.69) is 38.1 Å². The van der Waals surface area contributed by atoms with E-state index in [1.165, 1.54) is 89.9 Å². The van der Waals surface area contributed by atoms with Crippen LogP contribution in [0.4, 0.5) is 0 Å². The van der Waals surface area contributed by atoms with Crippen molar-refractivity contribution in [1.29, 1.82) is 0 Å². The third-order valence-electron chi connectivity index (χ3n) is 5.98. The van der Waals surface area contributed by atoms with Gasteiger partial charge in [0, 0.05) is 0 Å². The van der Waals surface area contributed by atoms with Gasteiger partial charge in [0.15, 0.2) is 0 Å². The van der Waals surface area contributed by atoms with Gasteiger partial charge in [0.25, 0.3) is 0 Å². The first-order valence-electron chi connectivity index (χ1n) is 10.4. The van der Waals surface area contributed by atoms with Crippen molar-refractivity contribution in [2.75, 3.05) is 0 Å². The van der Waals surface area contributed by atoms with E-state index in [9.17, 15) is 0 Å². The van der Waals surface area contributed by atoms with E-state index < -0.39 is 0 Å². The molecule has 0 heteroatoms. The Morgan fingerprint density at radius 2 is 1.30 bits per heavy atom. The van der Waals surface area contributed by atoms with Crippen molar-refractivity contribution in [2.45, 2.75) is 109 Å². The maximum absolute atomic E-state index is 2.44. The van der Waals surface area contributed by atoms with Gasteiger partial charge in [-0.15, -0.1) is 0 Å². The van der Waals surface area contributed by atoms with Crippen LogP contribution in [0.5, 0.6) is 0 Å². The summed E-state index contributed by atoms with van der Waals surface area (Å²) in [5.74, 6) is 0. The summed E-state index contributed by atoms with van der Waals surface area (Å²) >= 11 is 0. The van der Waals surface area contributed by atoms with Gasteiger partial charge in [0.05, 0.1) is 0 Å². The van der Waals surface area contributed by atoms with Gasteiger partial charge < -0.3 is 0 Å². The van der Waals surface area contributed by atoms with Gasteiger partial charge >= 0.3 is 0 Å². The zero-order chi connectivity index (χ0) is 16.4. The topological polar surface area (TPSA) is 0 Å². The molecule has 0 amide bonds. The first-order valence-corrected chi connectivity index (χ1v) is 10.4. The molecular weight excluding hydrogens is 276 g/mol. The van der Waals surface area contributed by atoms with Gasteiger partial charge in [-0.05, 0) is 42.2 Å². The molecule has 0 saturated heterocycles. The van der Waals surface area contributed by atoms with Gasteiger partial charge in [0.1, 0.15) is 0 Å². The summed E-state index contributed by atoms with van der Waals surface area (Å²) in [5.41, 5.74) is 3.88. The molecule has 0 spiro atoms. The molecule has 0 radical (unpaired) electrons. The second kappa shape index (κ2) is 10.2. The van der Waals surface area contributed by atoms with E-state index in [4.69, 9.17) is 0 Å². The normalized spacial score (nSPS) is 15.7. The lowest BCUT2D eigenvalue weighted by atomic mass is 9.73. The Bertz CT molecular complexity index is 417. The molecule has 0 unspecified atom stereocenters. The number of rotatable bonds is 12. The van der Waals surface area contributed by atoms with E-state index in [0.29, 0.717) is 5.41 Å². The number of aryl methyl sites for hydroxylation is 1. The van der Waals surface area contributed by atoms with Gasteiger partial charge in [-0.2, -0.15) is 0 Å². The fourth-order valence-corrected chi connectivity index (χ4v) is 4.54. The Kier molecular flexibility index (Phi) is 8.20. The van der Waals surface area contributed by atoms with Crippen LogP contribution in [0.15, 0.2) is 24.3 Å². The Balaban J connectivity index is 1.92. The van der Waals surface area contributed by atoms with Crippen molar-refractivity contribution in [3.8, 4) is 0 Å². The monoisotopic (exact) mass is 314 g/mol. The van der Waals surface area contributed by atoms with E-state index >= 15 is 0 Å². The van der Waals surface area contributed by atoms with Crippen LogP contribution in [0.25, 0.3) is 0 Å². The van der Waals surface area contributed by atoms with Crippen LogP contribution < -0.4 is 0 Å². The lowest BCUT2D eigenvalue weighted by molar-refractivity contribution is 0.331. The third-order valence-corrected chi connectivity index (χ3v) is 5.98. The summed E-state index contributed by atoms with van der Waals surface area (Å²) < 4.78 is 0. The van der Waals surface area contributed by atoms with E-state index in [-0.39, 0.29) is 0 Å². The minimum Gasteiger partial charge on any atom is -0.0654 e. The summed E-state index contributed by atoms with van der Waals surface area (Å²) in [7, 11) is 0. The van der Waals surface area contributed by atoms with Crippen molar-refractivity contribution in [2.24, 2.45) is 0 Å². The average molecular weight is 315 g/mol. The fourth-order valence-electron chi connectivity index (χ4n) is 4.54. The largest absolute Gasteiger partial charge is 0.0654 e. The van der Waals surface area contributed by atoms with Crippen molar-refractivity contribution in [3.63, 3.8) is 0 Å². The maximum atomic E-state index is 2.44. The molecule has 0 heterocycles. The van der Waals surface area contributed by atoms with Crippen molar-refractivity contribution in [3.05, 3.63) is 35.4 Å². The summed E-state index contributed by atoms with van der Waals surface area (Å²) in [6.07, 6.45) is 19.7. The molecule has 2 rings (SSSR count). The van der Waals surface area contributed by atoms with Crippen LogP contribution >= 0.6 is 0 Å². The second-order valence-corrected chi connectivity index (χ2v) is 7.77. The fraction of sp³-hybridized carbons (Fsp3) is 0.739. The Morgan fingerprint density at radius 1 is 0.739 bits per heavy atom. The van der Waals surface area contributed by atoms with Crippen LogP contribution in [-0.4, -0.2) is 0 Å². The van der Waals surface area contributed by atoms with E-state index in [0.717, 1.165) is 0 Å². The van der Waals surface area contributed by atoms with Crippen LogP contribution in [-0.2, 0) is 11.8 Å². The third kappa shape index (κ3) is 5.37. The van der Waals surface area contributed by atoms with Gasteiger partial charge in [-0.1, -0.05) is 102 Å². The summed E-state index contributed by atoms with van der Waals surface area (Å²) in [6.45, 7) is 4.62. The maximum Gasteiger partial charge on any atom is -0.00411 e. The quantitative estimate of drug-likeness (QED) is 0.348. The number of benzene rings is 1. The van der Waals surface area contributed by atoms with Gasteiger partial charge in [-0.25, -0.2) is 0 Å². The van der Waals surface area contributed by atoms with Crippen LogP contribution in [0.2, 0.25) is 0 Å². The molecule has 0 nitrogen and oxygen atoms in total. The number of hydrogen-bond donors (Lipinski definition) is 0. The van der Waals surface area contributed by atoms with Crippen molar-refractivity contribution >= 4 is 0 Å². The molecule has 0 N–H and O–H groups in total. The number of unbranched alkanes of at least 4 members (excludes halogenated alkanes) is 8. The van der Waals surface area contributed by atoms with Gasteiger partial charge in [-0.3, -0.25) is 0 Å². The Morgan fingerprint density at radius 3 is 1.91 bits per heavy atom. The Labute approximate surface area is 145 Å². The highest BCUT2D eigenvalue weighted by atomic mass is 14.4. The molecule has 0 atom stereocenters. The number of fused-ring (bicyclic) bond motifs is 1. The predicted octanol–water partition coefficient (Wildman–Crippen LogP) is 7.59. The molecular formula is C23H38. The highest BCUT2D eigenvalue weighted by molar-refractivity contribution is 5.39. The molecule has 1 aliphatic carbocycles. The molecule has 0 fully saturated rings. The lowest BCUT2D eigenvalue weighted by Crippen LogP contribution is -2.23. The molecule has 0 aliphatic heterocycles. The highest BCUT2D eigenvalue weighted by Gasteiger charge is 2.37. The van der Waals surface area contributed by atoms with Crippen LogP contribution in [0.3, 0.4) is 0 Å². The number of hydrogen-bond acceptors (Lipinski definition) is 0.